The summed E-state index contributed by atoms with van der Waals surface area (Å²) in [6, 6.07) is 16.8. The van der Waals surface area contributed by atoms with E-state index in [0.29, 0.717) is 0 Å². The van der Waals surface area contributed by atoms with Gasteiger partial charge in [0.25, 0.3) is 0 Å². The van der Waals surface area contributed by atoms with Crippen LogP contribution in [-0.4, -0.2) is 26.4 Å². The lowest BCUT2D eigenvalue weighted by Gasteiger charge is -2.19. The molecule has 0 unspecified atom stereocenters. The Bertz CT molecular complexity index is 983. The molecule has 3 aromatic heterocycles. The van der Waals surface area contributed by atoms with Gasteiger partial charge in [-0.3, -0.25) is 4.68 Å². The quantitative estimate of drug-likeness (QED) is 0.551. The fourth-order valence-corrected chi connectivity index (χ4v) is 3.01. The molecule has 0 aliphatic carbocycles. The Labute approximate surface area is 153 Å². The van der Waals surface area contributed by atoms with E-state index in [-0.39, 0.29) is 0 Å². The molecule has 0 spiro atoms. The van der Waals surface area contributed by atoms with Crippen molar-refractivity contribution in [3.63, 3.8) is 0 Å². The smallest absolute Gasteiger partial charge is 0.129 e. The van der Waals surface area contributed by atoms with E-state index in [4.69, 9.17) is 0 Å². The van der Waals surface area contributed by atoms with Gasteiger partial charge in [-0.1, -0.05) is 12.1 Å². The molecule has 0 saturated carbocycles. The maximum Gasteiger partial charge on any atom is 0.129 e. The highest BCUT2D eigenvalue weighted by atomic mass is 15.2. The van der Waals surface area contributed by atoms with Gasteiger partial charge in [0.1, 0.15) is 5.82 Å². The summed E-state index contributed by atoms with van der Waals surface area (Å²) in [7, 11) is 3.99. The molecule has 0 saturated heterocycles. The van der Waals surface area contributed by atoms with Gasteiger partial charge in [0.2, 0.25) is 0 Å². The van der Waals surface area contributed by atoms with Crippen LogP contribution in [0.3, 0.4) is 0 Å². The molecule has 1 aromatic carbocycles. The highest BCUT2D eigenvalue weighted by molar-refractivity contribution is 5.65. The molecule has 5 nitrogen and oxygen atoms in total. The molecule has 4 aromatic rings. The lowest BCUT2D eigenvalue weighted by Crippen LogP contribution is -2.17. The van der Waals surface area contributed by atoms with E-state index in [1.54, 1.807) is 0 Å². The van der Waals surface area contributed by atoms with Crippen LogP contribution in [0.25, 0.3) is 16.8 Å². The standard InChI is InChI=1S/C21H21N5/c1-24(15-17-5-7-20(8-6-17)26-11-3-4-12-26)21-13-18(9-10-22-21)19-14-23-25(2)16-19/h3-14,16H,15H2,1-2H3. The summed E-state index contributed by atoms with van der Waals surface area (Å²) in [5.41, 5.74) is 4.63. The molecule has 26 heavy (non-hydrogen) atoms. The van der Waals surface area contributed by atoms with Crippen LogP contribution >= 0.6 is 0 Å². The third-order valence-corrected chi connectivity index (χ3v) is 4.43. The predicted octanol–water partition coefficient (Wildman–Crippen LogP) is 3.91. The van der Waals surface area contributed by atoms with Crippen molar-refractivity contribution in [2.75, 3.05) is 11.9 Å². The Morgan fingerprint density at radius 2 is 1.77 bits per heavy atom. The minimum atomic E-state index is 0.801. The Kier molecular flexibility index (Phi) is 4.27. The topological polar surface area (TPSA) is 38.9 Å². The maximum absolute atomic E-state index is 4.52. The van der Waals surface area contributed by atoms with Gasteiger partial charge in [-0.05, 0) is 47.5 Å². The number of hydrogen-bond acceptors (Lipinski definition) is 3. The molecule has 4 rings (SSSR count). The van der Waals surface area contributed by atoms with Crippen LogP contribution in [0.5, 0.6) is 0 Å². The zero-order valence-electron chi connectivity index (χ0n) is 14.9. The fourth-order valence-electron chi connectivity index (χ4n) is 3.01. The second-order valence-electron chi connectivity index (χ2n) is 6.42. The molecule has 5 heteroatoms. The first-order valence-corrected chi connectivity index (χ1v) is 8.57. The molecular formula is C21H21N5. The van der Waals surface area contributed by atoms with Gasteiger partial charge in [-0.15, -0.1) is 0 Å². The summed E-state index contributed by atoms with van der Waals surface area (Å²) in [6.45, 7) is 0.801. The maximum atomic E-state index is 4.52. The van der Waals surface area contributed by atoms with Gasteiger partial charge in [0, 0.05) is 56.7 Å². The summed E-state index contributed by atoms with van der Waals surface area (Å²) >= 11 is 0. The Morgan fingerprint density at radius 1 is 1.00 bits per heavy atom. The van der Waals surface area contributed by atoms with Crippen molar-refractivity contribution in [1.82, 2.24) is 19.3 Å². The van der Waals surface area contributed by atoms with Crippen molar-refractivity contribution < 1.29 is 0 Å². The van der Waals surface area contributed by atoms with Gasteiger partial charge in [-0.25, -0.2) is 4.98 Å². The number of hydrogen-bond donors (Lipinski definition) is 0. The van der Waals surface area contributed by atoms with Gasteiger partial charge < -0.3 is 9.47 Å². The molecule has 0 bridgehead atoms. The van der Waals surface area contributed by atoms with Crippen LogP contribution in [0.1, 0.15) is 5.56 Å². The molecule has 130 valence electrons. The highest BCUT2D eigenvalue weighted by Crippen LogP contribution is 2.23. The largest absolute Gasteiger partial charge is 0.355 e. The molecule has 0 amide bonds. The van der Waals surface area contributed by atoms with E-state index in [9.17, 15) is 0 Å². The molecular weight excluding hydrogens is 322 g/mol. The van der Waals surface area contributed by atoms with E-state index in [0.717, 1.165) is 29.2 Å². The van der Waals surface area contributed by atoms with Crippen LogP contribution in [0.2, 0.25) is 0 Å². The first kappa shape index (κ1) is 16.1. The average Bonchev–Trinajstić information content (AvgIpc) is 3.34. The summed E-state index contributed by atoms with van der Waals surface area (Å²) in [5.74, 6) is 0.945. The van der Waals surface area contributed by atoms with E-state index < -0.39 is 0 Å². The molecule has 0 atom stereocenters. The van der Waals surface area contributed by atoms with Gasteiger partial charge in [0.05, 0.1) is 6.20 Å². The SMILES string of the molecule is CN(Cc1ccc(-n2cccc2)cc1)c1cc(-c2cnn(C)c2)ccn1. The first-order valence-electron chi connectivity index (χ1n) is 8.57. The number of nitrogens with zero attached hydrogens (tertiary/aromatic N) is 5. The zero-order chi connectivity index (χ0) is 17.9. The van der Waals surface area contributed by atoms with Crippen LogP contribution in [0.15, 0.2) is 79.5 Å². The van der Waals surface area contributed by atoms with Crippen LogP contribution in [0.4, 0.5) is 5.82 Å². The predicted molar refractivity (Wildman–Crippen MR) is 104 cm³/mol. The van der Waals surface area contributed by atoms with Crippen molar-refractivity contribution in [1.29, 1.82) is 0 Å². The van der Waals surface area contributed by atoms with Crippen LogP contribution in [-0.2, 0) is 13.6 Å². The second-order valence-corrected chi connectivity index (χ2v) is 6.42. The fraction of sp³-hybridized carbons (Fsp3) is 0.143. The lowest BCUT2D eigenvalue weighted by molar-refractivity contribution is 0.768. The molecule has 0 radical (unpaired) electrons. The normalized spacial score (nSPS) is 10.8. The second kappa shape index (κ2) is 6.88. The Hall–Kier alpha value is -3.34. The van der Waals surface area contributed by atoms with Gasteiger partial charge in [0.15, 0.2) is 0 Å². The van der Waals surface area contributed by atoms with Gasteiger partial charge in [-0.2, -0.15) is 5.10 Å². The number of rotatable bonds is 5. The average molecular weight is 343 g/mol. The lowest BCUT2D eigenvalue weighted by atomic mass is 10.1. The minimum absolute atomic E-state index is 0.801. The minimum Gasteiger partial charge on any atom is -0.355 e. The summed E-state index contributed by atoms with van der Waals surface area (Å²) in [6.07, 6.45) is 9.84. The van der Waals surface area contributed by atoms with E-state index >= 15 is 0 Å². The van der Waals surface area contributed by atoms with E-state index in [1.807, 2.05) is 48.5 Å². The zero-order valence-corrected chi connectivity index (χ0v) is 14.9. The summed E-state index contributed by atoms with van der Waals surface area (Å²) < 4.78 is 3.91. The summed E-state index contributed by atoms with van der Waals surface area (Å²) in [5, 5.41) is 4.25. The third-order valence-electron chi connectivity index (χ3n) is 4.43. The summed E-state index contributed by atoms with van der Waals surface area (Å²) in [4.78, 5) is 6.68. The molecule has 3 heterocycles. The number of aryl methyl sites for hydroxylation is 1. The first-order chi connectivity index (χ1) is 12.7. The monoisotopic (exact) mass is 343 g/mol. The van der Waals surface area contributed by atoms with Crippen LogP contribution in [0, 0.1) is 0 Å². The van der Waals surface area contributed by atoms with E-state index in [2.05, 4.69) is 69.3 Å². The molecule has 0 fully saturated rings. The van der Waals surface area contributed by atoms with Crippen LogP contribution < -0.4 is 4.90 Å². The number of aromatic nitrogens is 4. The van der Waals surface area contributed by atoms with Crippen molar-refractivity contribution in [2.24, 2.45) is 7.05 Å². The molecule has 0 aliphatic heterocycles. The van der Waals surface area contributed by atoms with Gasteiger partial charge >= 0.3 is 0 Å². The van der Waals surface area contributed by atoms with Crippen molar-refractivity contribution >= 4 is 5.82 Å². The molecule has 0 aliphatic rings. The number of pyridine rings is 1. The van der Waals surface area contributed by atoms with E-state index in [1.165, 1.54) is 5.56 Å². The number of benzene rings is 1. The Morgan fingerprint density at radius 3 is 2.46 bits per heavy atom. The Balaban J connectivity index is 1.50. The van der Waals surface area contributed by atoms with Crippen molar-refractivity contribution in [3.05, 3.63) is 85.1 Å². The van der Waals surface area contributed by atoms with Crippen molar-refractivity contribution in [3.8, 4) is 16.8 Å². The highest BCUT2D eigenvalue weighted by Gasteiger charge is 2.07. The number of anilines is 1. The van der Waals surface area contributed by atoms with Crippen molar-refractivity contribution in [2.45, 2.75) is 6.54 Å². The molecule has 0 N–H and O–H groups in total. The third kappa shape index (κ3) is 3.37.